The van der Waals surface area contributed by atoms with Crippen molar-refractivity contribution in [3.05, 3.63) is 29.8 Å². The molecule has 0 spiro atoms. The summed E-state index contributed by atoms with van der Waals surface area (Å²) >= 11 is 1.88. The van der Waals surface area contributed by atoms with Crippen LogP contribution in [0.2, 0.25) is 0 Å². The number of hydrogen-bond donors (Lipinski definition) is 2. The molecule has 2 N–H and O–H groups in total. The standard InChI is InChI=1S/C18H27N3O3S2.ClH/c1-14-2-4-17(5-3-14)26(23,24)21-9-6-15(7-10-21)20-18(22)12-16-13-25-11-8-19-16;/h2-5,15-16,19H,6-13H2,1H3,(H,20,22);1H. The fourth-order valence-electron chi connectivity index (χ4n) is 3.36. The normalized spacial score (nSPS) is 22.0. The molecule has 1 aromatic rings. The van der Waals surface area contributed by atoms with Gasteiger partial charge in [-0.15, -0.1) is 12.4 Å². The Hall–Kier alpha value is -0.800. The number of piperidine rings is 1. The Balaban J connectivity index is 0.00000261. The van der Waals surface area contributed by atoms with Crippen molar-refractivity contribution in [2.24, 2.45) is 0 Å². The molecule has 3 rings (SSSR count). The molecule has 27 heavy (non-hydrogen) atoms. The van der Waals surface area contributed by atoms with Gasteiger partial charge in [0, 0.05) is 49.6 Å². The maximum Gasteiger partial charge on any atom is 0.243 e. The Morgan fingerprint density at radius 2 is 1.93 bits per heavy atom. The van der Waals surface area contributed by atoms with Crippen molar-refractivity contribution in [3.8, 4) is 0 Å². The molecule has 1 amide bonds. The predicted octanol–water partition coefficient (Wildman–Crippen LogP) is 1.78. The fourth-order valence-corrected chi connectivity index (χ4v) is 5.78. The van der Waals surface area contributed by atoms with E-state index in [-0.39, 0.29) is 30.4 Å². The number of sulfonamides is 1. The van der Waals surface area contributed by atoms with Gasteiger partial charge in [-0.05, 0) is 31.9 Å². The molecule has 0 aliphatic carbocycles. The molecule has 2 fully saturated rings. The number of amides is 1. The first-order valence-electron chi connectivity index (χ1n) is 9.12. The van der Waals surface area contributed by atoms with Crippen molar-refractivity contribution in [2.75, 3.05) is 31.1 Å². The van der Waals surface area contributed by atoms with Crippen molar-refractivity contribution in [2.45, 2.75) is 43.2 Å². The monoisotopic (exact) mass is 433 g/mol. The summed E-state index contributed by atoms with van der Waals surface area (Å²) in [6, 6.07) is 7.26. The highest BCUT2D eigenvalue weighted by atomic mass is 35.5. The molecule has 2 heterocycles. The zero-order valence-corrected chi connectivity index (χ0v) is 18.0. The minimum Gasteiger partial charge on any atom is -0.353 e. The molecular formula is C18H28ClN3O3S2. The van der Waals surface area contributed by atoms with Crippen LogP contribution in [0, 0.1) is 6.92 Å². The number of rotatable bonds is 5. The lowest BCUT2D eigenvalue weighted by molar-refractivity contribution is -0.122. The summed E-state index contributed by atoms with van der Waals surface area (Å²) in [7, 11) is -3.45. The molecule has 2 saturated heterocycles. The highest BCUT2D eigenvalue weighted by molar-refractivity contribution is 7.99. The average molecular weight is 434 g/mol. The molecule has 0 bridgehead atoms. The van der Waals surface area contributed by atoms with Gasteiger partial charge >= 0.3 is 0 Å². The Labute approximate surface area is 172 Å². The van der Waals surface area contributed by atoms with Crippen LogP contribution in [0.25, 0.3) is 0 Å². The topological polar surface area (TPSA) is 78.5 Å². The number of aryl methyl sites for hydroxylation is 1. The molecule has 0 saturated carbocycles. The average Bonchev–Trinajstić information content (AvgIpc) is 2.63. The summed E-state index contributed by atoms with van der Waals surface area (Å²) in [5.74, 6) is 2.14. The second-order valence-corrected chi connectivity index (χ2v) is 10.1. The molecule has 1 unspecified atom stereocenters. The first-order valence-corrected chi connectivity index (χ1v) is 11.7. The van der Waals surface area contributed by atoms with Crippen LogP contribution in [-0.4, -0.2) is 61.9 Å². The number of nitrogens with one attached hydrogen (secondary N) is 2. The van der Waals surface area contributed by atoms with Gasteiger partial charge in [-0.25, -0.2) is 8.42 Å². The number of thioether (sulfide) groups is 1. The van der Waals surface area contributed by atoms with E-state index in [1.54, 1.807) is 12.1 Å². The molecule has 0 aromatic heterocycles. The van der Waals surface area contributed by atoms with Crippen molar-refractivity contribution in [1.29, 1.82) is 0 Å². The predicted molar refractivity (Wildman–Crippen MR) is 112 cm³/mol. The van der Waals surface area contributed by atoms with Crippen molar-refractivity contribution < 1.29 is 13.2 Å². The lowest BCUT2D eigenvalue weighted by Gasteiger charge is -2.32. The number of halogens is 1. The first kappa shape index (κ1) is 22.5. The zero-order valence-electron chi connectivity index (χ0n) is 15.5. The lowest BCUT2D eigenvalue weighted by Crippen LogP contribution is -2.48. The second kappa shape index (κ2) is 10.1. The Kier molecular flexibility index (Phi) is 8.42. The van der Waals surface area contributed by atoms with Crippen LogP contribution in [0.1, 0.15) is 24.8 Å². The van der Waals surface area contributed by atoms with Crippen LogP contribution in [0.15, 0.2) is 29.2 Å². The van der Waals surface area contributed by atoms with Gasteiger partial charge in [0.25, 0.3) is 0 Å². The molecular weight excluding hydrogens is 406 g/mol. The Morgan fingerprint density at radius 3 is 2.52 bits per heavy atom. The third-order valence-electron chi connectivity index (χ3n) is 4.91. The number of hydrogen-bond acceptors (Lipinski definition) is 5. The van der Waals surface area contributed by atoms with Crippen molar-refractivity contribution >= 4 is 40.1 Å². The SMILES string of the molecule is Cc1ccc(S(=O)(=O)N2CCC(NC(=O)CC3CSCCN3)CC2)cc1.Cl. The third kappa shape index (κ3) is 6.09. The van der Waals surface area contributed by atoms with Gasteiger partial charge in [0.1, 0.15) is 0 Å². The smallest absolute Gasteiger partial charge is 0.243 e. The summed E-state index contributed by atoms with van der Waals surface area (Å²) < 4.78 is 27.0. The van der Waals surface area contributed by atoms with Crippen LogP contribution in [0.3, 0.4) is 0 Å². The summed E-state index contributed by atoms with van der Waals surface area (Å²) in [4.78, 5) is 12.6. The molecule has 2 aliphatic heterocycles. The Bertz CT molecular complexity index is 714. The van der Waals surface area contributed by atoms with E-state index in [2.05, 4.69) is 10.6 Å². The van der Waals surface area contributed by atoms with Gasteiger partial charge in [-0.2, -0.15) is 16.1 Å². The molecule has 152 valence electrons. The largest absolute Gasteiger partial charge is 0.353 e. The van der Waals surface area contributed by atoms with E-state index in [1.165, 1.54) is 4.31 Å². The van der Waals surface area contributed by atoms with Crippen LogP contribution in [0.5, 0.6) is 0 Å². The third-order valence-corrected chi connectivity index (χ3v) is 7.95. The van der Waals surface area contributed by atoms with Crippen LogP contribution in [0.4, 0.5) is 0 Å². The minimum absolute atomic E-state index is 0. The van der Waals surface area contributed by atoms with Crippen LogP contribution in [-0.2, 0) is 14.8 Å². The van der Waals surface area contributed by atoms with Gasteiger partial charge in [0.15, 0.2) is 0 Å². The van der Waals surface area contributed by atoms with Crippen LogP contribution >= 0.6 is 24.2 Å². The van der Waals surface area contributed by atoms with Gasteiger partial charge in [0.2, 0.25) is 15.9 Å². The quantitative estimate of drug-likeness (QED) is 0.740. The van der Waals surface area contributed by atoms with Gasteiger partial charge in [0.05, 0.1) is 4.90 Å². The molecule has 1 atom stereocenters. The maximum absolute atomic E-state index is 12.7. The van der Waals surface area contributed by atoms with E-state index < -0.39 is 10.0 Å². The second-order valence-electron chi connectivity index (χ2n) is 6.99. The lowest BCUT2D eigenvalue weighted by atomic mass is 10.1. The van der Waals surface area contributed by atoms with Gasteiger partial charge in [-0.1, -0.05) is 17.7 Å². The van der Waals surface area contributed by atoms with Crippen molar-refractivity contribution in [3.63, 3.8) is 0 Å². The van der Waals surface area contributed by atoms with E-state index in [0.717, 1.165) is 23.6 Å². The molecule has 6 nitrogen and oxygen atoms in total. The number of carbonyl (C=O) groups excluding carboxylic acids is 1. The van der Waals surface area contributed by atoms with Crippen molar-refractivity contribution in [1.82, 2.24) is 14.9 Å². The van der Waals surface area contributed by atoms with E-state index >= 15 is 0 Å². The number of benzene rings is 1. The highest BCUT2D eigenvalue weighted by Gasteiger charge is 2.30. The summed E-state index contributed by atoms with van der Waals surface area (Å²) in [5.41, 5.74) is 1.04. The highest BCUT2D eigenvalue weighted by Crippen LogP contribution is 2.21. The van der Waals surface area contributed by atoms with Gasteiger partial charge < -0.3 is 10.6 Å². The maximum atomic E-state index is 12.7. The molecule has 9 heteroatoms. The summed E-state index contributed by atoms with van der Waals surface area (Å²) in [6.45, 7) is 3.78. The number of nitrogens with zero attached hydrogens (tertiary/aromatic N) is 1. The molecule has 0 radical (unpaired) electrons. The van der Waals surface area contributed by atoms with E-state index in [1.807, 2.05) is 30.8 Å². The molecule has 2 aliphatic rings. The summed E-state index contributed by atoms with van der Waals surface area (Å²) in [5, 5.41) is 6.44. The number of carbonyl (C=O) groups is 1. The zero-order chi connectivity index (χ0) is 18.6. The fraction of sp³-hybridized carbons (Fsp3) is 0.611. The Morgan fingerprint density at radius 1 is 1.26 bits per heavy atom. The van der Waals surface area contributed by atoms with E-state index in [9.17, 15) is 13.2 Å². The molecule has 1 aromatic carbocycles. The summed E-state index contributed by atoms with van der Waals surface area (Å²) in [6.07, 6.45) is 1.81. The van der Waals surface area contributed by atoms with E-state index in [0.29, 0.717) is 37.2 Å². The first-order chi connectivity index (χ1) is 12.4. The van der Waals surface area contributed by atoms with E-state index in [4.69, 9.17) is 0 Å². The van der Waals surface area contributed by atoms with Crippen LogP contribution < -0.4 is 10.6 Å². The van der Waals surface area contributed by atoms with Gasteiger partial charge in [-0.3, -0.25) is 4.79 Å². The minimum atomic E-state index is -3.45.